The zero-order valence-electron chi connectivity index (χ0n) is 9.82. The predicted octanol–water partition coefficient (Wildman–Crippen LogP) is 1.35. The molecule has 0 saturated heterocycles. The highest BCUT2D eigenvalue weighted by atomic mass is 16.1. The highest BCUT2D eigenvalue weighted by Gasteiger charge is 2.09. The van der Waals surface area contributed by atoms with Gasteiger partial charge >= 0.3 is 0 Å². The van der Waals surface area contributed by atoms with Crippen molar-refractivity contribution in [2.45, 2.75) is 20.4 Å². The van der Waals surface area contributed by atoms with Gasteiger partial charge in [-0.1, -0.05) is 6.07 Å². The maximum absolute atomic E-state index is 11.8. The van der Waals surface area contributed by atoms with Gasteiger partial charge in [0.25, 0.3) is 5.91 Å². The Kier molecular flexibility index (Phi) is 3.18. The number of amides is 1. The van der Waals surface area contributed by atoms with Crippen LogP contribution in [-0.2, 0) is 6.54 Å². The molecule has 2 rings (SSSR count). The van der Waals surface area contributed by atoms with Gasteiger partial charge in [0.2, 0.25) is 0 Å². The van der Waals surface area contributed by atoms with E-state index in [9.17, 15) is 4.79 Å². The predicted molar refractivity (Wildman–Crippen MR) is 63.5 cm³/mol. The quantitative estimate of drug-likeness (QED) is 0.836. The van der Waals surface area contributed by atoms with E-state index in [0.717, 1.165) is 17.0 Å². The number of pyridine rings is 1. The number of hydrogen-bond acceptors (Lipinski definition) is 3. The lowest BCUT2D eigenvalue weighted by Crippen LogP contribution is -2.23. The summed E-state index contributed by atoms with van der Waals surface area (Å²) in [4.78, 5) is 15.9. The fraction of sp³-hybridized carbons (Fsp3) is 0.250. The highest BCUT2D eigenvalue weighted by Crippen LogP contribution is 2.03. The molecule has 0 fully saturated rings. The largest absolute Gasteiger partial charge is 0.348 e. The summed E-state index contributed by atoms with van der Waals surface area (Å²) in [5, 5.41) is 9.37. The van der Waals surface area contributed by atoms with Crippen LogP contribution >= 0.6 is 0 Å². The molecular weight excluding hydrogens is 216 g/mol. The zero-order chi connectivity index (χ0) is 12.3. The first-order valence-electron chi connectivity index (χ1n) is 5.36. The molecule has 0 bridgehead atoms. The minimum atomic E-state index is -0.128. The van der Waals surface area contributed by atoms with Crippen LogP contribution in [0, 0.1) is 13.8 Å². The van der Waals surface area contributed by atoms with Crippen molar-refractivity contribution < 1.29 is 4.79 Å². The van der Waals surface area contributed by atoms with E-state index in [1.165, 1.54) is 6.20 Å². The number of hydrogen-bond donors (Lipinski definition) is 2. The molecule has 5 nitrogen and oxygen atoms in total. The number of aromatic nitrogens is 3. The number of carbonyl (C=O) groups is 1. The molecule has 0 aromatic carbocycles. The molecule has 0 saturated carbocycles. The Bertz CT molecular complexity index is 516. The summed E-state index contributed by atoms with van der Waals surface area (Å²) in [6.45, 7) is 4.21. The van der Waals surface area contributed by atoms with Crippen molar-refractivity contribution in [1.82, 2.24) is 20.5 Å². The standard InChI is InChI=1S/C12H14N4O/c1-8-3-4-10(5-13-8)6-14-12(17)11-7-15-16-9(11)2/h3-5,7H,6H2,1-2H3,(H,14,17)(H,15,16). The van der Waals surface area contributed by atoms with E-state index in [0.29, 0.717) is 12.1 Å². The first-order chi connectivity index (χ1) is 8.16. The number of nitrogens with one attached hydrogen (secondary N) is 2. The van der Waals surface area contributed by atoms with Crippen molar-refractivity contribution in [1.29, 1.82) is 0 Å². The summed E-state index contributed by atoms with van der Waals surface area (Å²) in [7, 11) is 0. The van der Waals surface area contributed by atoms with Gasteiger partial charge < -0.3 is 5.32 Å². The zero-order valence-corrected chi connectivity index (χ0v) is 9.82. The number of rotatable bonds is 3. The van der Waals surface area contributed by atoms with Gasteiger partial charge in [-0.05, 0) is 25.5 Å². The first kappa shape index (κ1) is 11.3. The molecule has 0 radical (unpaired) electrons. The fourth-order valence-electron chi connectivity index (χ4n) is 1.46. The van der Waals surface area contributed by atoms with Gasteiger partial charge in [0.05, 0.1) is 11.8 Å². The molecule has 0 aliphatic carbocycles. The molecule has 1 amide bonds. The van der Waals surface area contributed by atoms with Gasteiger partial charge in [-0.15, -0.1) is 0 Å². The molecule has 2 N–H and O–H groups in total. The molecule has 17 heavy (non-hydrogen) atoms. The molecule has 5 heteroatoms. The second kappa shape index (κ2) is 4.78. The van der Waals surface area contributed by atoms with Gasteiger partial charge in [0.1, 0.15) is 0 Å². The molecule has 2 aromatic rings. The minimum absolute atomic E-state index is 0.128. The third kappa shape index (κ3) is 2.69. The normalized spacial score (nSPS) is 10.2. The van der Waals surface area contributed by atoms with Crippen molar-refractivity contribution in [3.63, 3.8) is 0 Å². The summed E-state index contributed by atoms with van der Waals surface area (Å²) in [5.41, 5.74) is 3.28. The summed E-state index contributed by atoms with van der Waals surface area (Å²) in [5.74, 6) is -0.128. The average molecular weight is 230 g/mol. The van der Waals surface area contributed by atoms with Crippen molar-refractivity contribution in [3.05, 3.63) is 47.0 Å². The van der Waals surface area contributed by atoms with Crippen LogP contribution in [0.1, 0.15) is 27.3 Å². The lowest BCUT2D eigenvalue weighted by atomic mass is 10.2. The third-order valence-electron chi connectivity index (χ3n) is 2.50. The molecule has 0 atom stereocenters. The maximum atomic E-state index is 11.8. The first-order valence-corrected chi connectivity index (χ1v) is 5.36. The number of aromatic amines is 1. The molecule has 0 aliphatic rings. The van der Waals surface area contributed by atoms with Crippen molar-refractivity contribution in [2.75, 3.05) is 0 Å². The van der Waals surface area contributed by atoms with Crippen LogP contribution < -0.4 is 5.32 Å². The van der Waals surface area contributed by atoms with E-state index >= 15 is 0 Å². The van der Waals surface area contributed by atoms with E-state index < -0.39 is 0 Å². The highest BCUT2D eigenvalue weighted by molar-refractivity contribution is 5.94. The number of aryl methyl sites for hydroxylation is 2. The van der Waals surface area contributed by atoms with Gasteiger partial charge in [-0.25, -0.2) is 0 Å². The summed E-state index contributed by atoms with van der Waals surface area (Å²) >= 11 is 0. The Labute approximate surface area is 99.3 Å². The van der Waals surface area contributed by atoms with Crippen LogP contribution in [-0.4, -0.2) is 21.1 Å². The molecule has 0 spiro atoms. The third-order valence-corrected chi connectivity index (χ3v) is 2.50. The smallest absolute Gasteiger partial charge is 0.255 e. The van der Waals surface area contributed by atoms with E-state index in [2.05, 4.69) is 20.5 Å². The Balaban J connectivity index is 1.97. The van der Waals surface area contributed by atoms with Crippen molar-refractivity contribution in [3.8, 4) is 0 Å². The minimum Gasteiger partial charge on any atom is -0.348 e. The molecule has 88 valence electrons. The van der Waals surface area contributed by atoms with Gasteiger partial charge in [-0.3, -0.25) is 14.9 Å². The van der Waals surface area contributed by atoms with Crippen LogP contribution in [0.15, 0.2) is 24.5 Å². The average Bonchev–Trinajstić information content (AvgIpc) is 2.74. The van der Waals surface area contributed by atoms with Crippen LogP contribution in [0.25, 0.3) is 0 Å². The Hall–Kier alpha value is -2.17. The topological polar surface area (TPSA) is 70.7 Å². The van der Waals surface area contributed by atoms with Crippen molar-refractivity contribution in [2.24, 2.45) is 0 Å². The monoisotopic (exact) mass is 230 g/mol. The molecule has 0 aliphatic heterocycles. The Morgan fingerprint density at radius 2 is 2.18 bits per heavy atom. The van der Waals surface area contributed by atoms with E-state index in [1.807, 2.05) is 26.0 Å². The Morgan fingerprint density at radius 1 is 1.35 bits per heavy atom. The number of H-pyrrole nitrogens is 1. The summed E-state index contributed by atoms with van der Waals surface area (Å²) < 4.78 is 0. The number of nitrogens with zero attached hydrogens (tertiary/aromatic N) is 2. The summed E-state index contributed by atoms with van der Waals surface area (Å²) in [6.07, 6.45) is 3.29. The van der Waals surface area contributed by atoms with E-state index in [-0.39, 0.29) is 5.91 Å². The van der Waals surface area contributed by atoms with Gasteiger partial charge in [0.15, 0.2) is 0 Å². The molecule has 0 unspecified atom stereocenters. The van der Waals surface area contributed by atoms with Crippen molar-refractivity contribution >= 4 is 5.91 Å². The Morgan fingerprint density at radius 3 is 2.76 bits per heavy atom. The lowest BCUT2D eigenvalue weighted by molar-refractivity contribution is 0.0950. The molecule has 2 heterocycles. The number of carbonyl (C=O) groups excluding carboxylic acids is 1. The van der Waals surface area contributed by atoms with E-state index in [1.54, 1.807) is 6.20 Å². The second-order valence-electron chi connectivity index (χ2n) is 3.90. The van der Waals surface area contributed by atoms with Gasteiger partial charge in [-0.2, -0.15) is 5.10 Å². The van der Waals surface area contributed by atoms with Crippen LogP contribution in [0.5, 0.6) is 0 Å². The SMILES string of the molecule is Cc1ccc(CNC(=O)c2cn[nH]c2C)cn1. The van der Waals surface area contributed by atoms with Crippen LogP contribution in [0.2, 0.25) is 0 Å². The summed E-state index contributed by atoms with van der Waals surface area (Å²) in [6, 6.07) is 3.87. The lowest BCUT2D eigenvalue weighted by Gasteiger charge is -2.04. The van der Waals surface area contributed by atoms with Crippen LogP contribution in [0.3, 0.4) is 0 Å². The fourth-order valence-corrected chi connectivity index (χ4v) is 1.46. The van der Waals surface area contributed by atoms with E-state index in [4.69, 9.17) is 0 Å². The van der Waals surface area contributed by atoms with Crippen LogP contribution in [0.4, 0.5) is 0 Å². The maximum Gasteiger partial charge on any atom is 0.255 e. The second-order valence-corrected chi connectivity index (χ2v) is 3.90. The molecule has 2 aromatic heterocycles. The molecular formula is C12H14N4O. The van der Waals surface area contributed by atoms with Gasteiger partial charge in [0, 0.05) is 24.1 Å².